The minimum atomic E-state index is -1.55. The number of hydrogen-bond donors (Lipinski definition) is 4. The third-order valence-electron chi connectivity index (χ3n) is 3.24. The zero-order valence-electron chi connectivity index (χ0n) is 13.9. The van der Waals surface area contributed by atoms with Crippen LogP contribution in [0.4, 0.5) is 5.82 Å². The van der Waals surface area contributed by atoms with E-state index < -0.39 is 40.0 Å². The molecule has 0 radical (unpaired) electrons. The van der Waals surface area contributed by atoms with Crippen molar-refractivity contribution in [2.24, 2.45) is 0 Å². The molecule has 0 atom stereocenters. The summed E-state index contributed by atoms with van der Waals surface area (Å²) < 4.78 is 5.67. The number of hydrogen-bond acceptors (Lipinski definition) is 5. The number of ether oxygens (including phenoxy) is 1. The highest BCUT2D eigenvalue weighted by Crippen LogP contribution is 2.31. The molecule has 8 nitrogen and oxygen atoms in total. The third-order valence-corrected chi connectivity index (χ3v) is 3.24. The van der Waals surface area contributed by atoms with Gasteiger partial charge >= 0.3 is 11.9 Å². The third kappa shape index (κ3) is 3.79. The number of nitrogens with two attached hydrogens (primary N) is 1. The van der Waals surface area contributed by atoms with E-state index in [1.807, 2.05) is 20.8 Å². The Bertz CT molecular complexity index is 891. The Balaban J connectivity index is 2.71. The van der Waals surface area contributed by atoms with Crippen molar-refractivity contribution in [3.63, 3.8) is 0 Å². The summed E-state index contributed by atoms with van der Waals surface area (Å²) in [5, 5.41) is 18.7. The zero-order valence-corrected chi connectivity index (χ0v) is 13.9. The lowest BCUT2D eigenvalue weighted by molar-refractivity contribution is 0.0695. The van der Waals surface area contributed by atoms with Crippen molar-refractivity contribution in [2.75, 3.05) is 5.73 Å². The molecule has 0 unspecified atom stereocenters. The van der Waals surface area contributed by atoms with Crippen LogP contribution in [0.3, 0.4) is 0 Å². The summed E-state index contributed by atoms with van der Waals surface area (Å²) in [5.41, 5.74) is 3.01. The van der Waals surface area contributed by atoms with Crippen LogP contribution in [-0.4, -0.2) is 32.7 Å². The molecule has 0 bridgehead atoms. The van der Waals surface area contributed by atoms with Crippen LogP contribution in [0, 0.1) is 0 Å². The van der Waals surface area contributed by atoms with Gasteiger partial charge in [-0.2, -0.15) is 0 Å². The Morgan fingerprint density at radius 1 is 1.04 bits per heavy atom. The van der Waals surface area contributed by atoms with E-state index in [1.54, 1.807) is 12.1 Å². The van der Waals surface area contributed by atoms with E-state index in [4.69, 9.17) is 10.5 Å². The quantitative estimate of drug-likeness (QED) is 0.664. The van der Waals surface area contributed by atoms with Gasteiger partial charge in [0, 0.05) is 5.56 Å². The fraction of sp³-hybridized carbons (Fsp3) is 0.235. The SMILES string of the molecule is CC(C)(C)Oc1ccc(-c2c(C(=O)O)c(N)[nH]c(=O)c2C(=O)O)cc1. The summed E-state index contributed by atoms with van der Waals surface area (Å²) in [7, 11) is 0. The minimum Gasteiger partial charge on any atom is -0.488 e. The second-order valence-corrected chi connectivity index (χ2v) is 6.34. The second kappa shape index (κ2) is 6.31. The summed E-state index contributed by atoms with van der Waals surface area (Å²) in [4.78, 5) is 37.0. The highest BCUT2D eigenvalue weighted by molar-refractivity contribution is 6.07. The molecule has 5 N–H and O–H groups in total. The van der Waals surface area contributed by atoms with Gasteiger partial charge in [0.2, 0.25) is 0 Å². The van der Waals surface area contributed by atoms with Gasteiger partial charge < -0.3 is 25.7 Å². The van der Waals surface area contributed by atoms with E-state index in [2.05, 4.69) is 4.98 Å². The number of nitrogen functional groups attached to an aromatic ring is 1. The van der Waals surface area contributed by atoms with Crippen molar-refractivity contribution in [3.05, 3.63) is 45.7 Å². The smallest absolute Gasteiger partial charge is 0.342 e. The monoisotopic (exact) mass is 346 g/mol. The predicted molar refractivity (Wildman–Crippen MR) is 91.2 cm³/mol. The first-order chi connectivity index (χ1) is 11.5. The lowest BCUT2D eigenvalue weighted by Gasteiger charge is -2.21. The van der Waals surface area contributed by atoms with Crippen molar-refractivity contribution in [3.8, 4) is 16.9 Å². The number of rotatable bonds is 4. The Kier molecular flexibility index (Phi) is 4.56. The van der Waals surface area contributed by atoms with Crippen molar-refractivity contribution in [2.45, 2.75) is 26.4 Å². The topological polar surface area (TPSA) is 143 Å². The summed E-state index contributed by atoms with van der Waals surface area (Å²) >= 11 is 0. The maximum atomic E-state index is 12.0. The van der Waals surface area contributed by atoms with E-state index in [0.717, 1.165) is 0 Å². The number of pyridine rings is 1. The molecule has 2 rings (SSSR count). The van der Waals surface area contributed by atoms with Crippen LogP contribution in [0.15, 0.2) is 29.1 Å². The fourth-order valence-corrected chi connectivity index (χ4v) is 2.38. The average Bonchev–Trinajstić information content (AvgIpc) is 2.44. The minimum absolute atomic E-state index is 0.230. The van der Waals surface area contributed by atoms with Crippen molar-refractivity contribution < 1.29 is 24.5 Å². The number of anilines is 1. The van der Waals surface area contributed by atoms with E-state index in [9.17, 15) is 24.6 Å². The zero-order chi connectivity index (χ0) is 18.9. The Labute approximate surface area is 142 Å². The average molecular weight is 346 g/mol. The van der Waals surface area contributed by atoms with Crippen molar-refractivity contribution in [1.29, 1.82) is 0 Å². The highest BCUT2D eigenvalue weighted by atomic mass is 16.5. The maximum Gasteiger partial charge on any atom is 0.342 e. The van der Waals surface area contributed by atoms with Gasteiger partial charge in [-0.15, -0.1) is 0 Å². The summed E-state index contributed by atoms with van der Waals surface area (Å²) in [6.07, 6.45) is 0. The van der Waals surface area contributed by atoms with Crippen molar-refractivity contribution in [1.82, 2.24) is 4.98 Å². The molecule has 0 saturated carbocycles. The number of nitrogens with one attached hydrogen (secondary N) is 1. The van der Waals surface area contributed by atoms with Gasteiger partial charge in [0.05, 0.1) is 0 Å². The molecule has 132 valence electrons. The van der Waals surface area contributed by atoms with Gasteiger partial charge in [0.1, 0.15) is 28.3 Å². The predicted octanol–water partition coefficient (Wildman–Crippen LogP) is 2.20. The summed E-state index contributed by atoms with van der Waals surface area (Å²) in [6, 6.07) is 6.09. The van der Waals surface area contributed by atoms with Gasteiger partial charge in [-0.3, -0.25) is 4.79 Å². The van der Waals surface area contributed by atoms with Crippen LogP contribution >= 0.6 is 0 Å². The van der Waals surface area contributed by atoms with E-state index in [-0.39, 0.29) is 11.1 Å². The molecule has 0 amide bonds. The number of benzene rings is 1. The first-order valence-electron chi connectivity index (χ1n) is 7.33. The van der Waals surface area contributed by atoms with Crippen LogP contribution in [0.1, 0.15) is 41.5 Å². The molecule has 0 aliphatic heterocycles. The van der Waals surface area contributed by atoms with Gasteiger partial charge in [0.15, 0.2) is 0 Å². The molecule has 0 spiro atoms. The molecular formula is C17H18N2O6. The molecule has 25 heavy (non-hydrogen) atoms. The number of aromatic amines is 1. The van der Waals surface area contributed by atoms with Gasteiger partial charge in [-0.05, 0) is 38.5 Å². The standard InChI is InChI=1S/C17H18N2O6/c1-17(2,3)25-9-6-4-8(5-7-9)10-11(15(21)22)13(18)19-14(20)12(10)16(23)24/h4-7H,1-3H3,(H,21,22)(H,23,24)(H3,18,19,20). The molecule has 8 heteroatoms. The largest absolute Gasteiger partial charge is 0.488 e. The molecule has 0 aliphatic carbocycles. The first-order valence-corrected chi connectivity index (χ1v) is 7.33. The van der Waals surface area contributed by atoms with Crippen LogP contribution in [0.25, 0.3) is 11.1 Å². The first kappa shape index (κ1) is 18.1. The summed E-state index contributed by atoms with van der Waals surface area (Å²) in [6.45, 7) is 5.59. The Morgan fingerprint density at radius 2 is 1.56 bits per heavy atom. The molecule has 0 aliphatic rings. The fourth-order valence-electron chi connectivity index (χ4n) is 2.38. The Morgan fingerprint density at radius 3 is 2.00 bits per heavy atom. The molecule has 1 heterocycles. The lowest BCUT2D eigenvalue weighted by atomic mass is 9.95. The van der Waals surface area contributed by atoms with Crippen LogP contribution in [0.2, 0.25) is 0 Å². The molecule has 1 aromatic carbocycles. The van der Waals surface area contributed by atoms with Crippen molar-refractivity contribution >= 4 is 17.8 Å². The molecule has 0 saturated heterocycles. The van der Waals surface area contributed by atoms with Crippen LogP contribution in [0.5, 0.6) is 5.75 Å². The number of H-pyrrole nitrogens is 1. The van der Waals surface area contributed by atoms with Gasteiger partial charge in [-0.1, -0.05) is 12.1 Å². The molecule has 0 fully saturated rings. The van der Waals surface area contributed by atoms with E-state index in [1.165, 1.54) is 12.1 Å². The van der Waals surface area contributed by atoms with Crippen LogP contribution < -0.4 is 16.0 Å². The van der Waals surface area contributed by atoms with E-state index >= 15 is 0 Å². The molecule has 2 aromatic rings. The Hall–Kier alpha value is -3.29. The molecule has 1 aromatic heterocycles. The van der Waals surface area contributed by atoms with Gasteiger partial charge in [0.25, 0.3) is 5.56 Å². The number of aromatic carboxylic acids is 2. The maximum absolute atomic E-state index is 12.0. The van der Waals surface area contributed by atoms with Crippen LogP contribution in [-0.2, 0) is 0 Å². The van der Waals surface area contributed by atoms with Gasteiger partial charge in [-0.25, -0.2) is 9.59 Å². The number of aromatic nitrogens is 1. The number of carboxylic acids is 2. The molecular weight excluding hydrogens is 328 g/mol. The second-order valence-electron chi connectivity index (χ2n) is 6.34. The number of carbonyl (C=O) groups is 2. The lowest BCUT2D eigenvalue weighted by Crippen LogP contribution is -2.24. The normalized spacial score (nSPS) is 11.2. The number of carboxylic acid groups (broad SMARTS) is 2. The highest BCUT2D eigenvalue weighted by Gasteiger charge is 2.26. The van der Waals surface area contributed by atoms with E-state index in [0.29, 0.717) is 5.75 Å². The summed E-state index contributed by atoms with van der Waals surface area (Å²) in [5.74, 6) is -2.88.